The molecule has 1 saturated heterocycles. The maximum absolute atomic E-state index is 13.5. The Balaban J connectivity index is 1.25. The summed E-state index contributed by atoms with van der Waals surface area (Å²) >= 11 is 6.22. The number of hydrogen-bond acceptors (Lipinski definition) is 8. The van der Waals surface area contributed by atoms with Crippen molar-refractivity contribution in [3.63, 3.8) is 0 Å². The van der Waals surface area contributed by atoms with Crippen LogP contribution in [0.5, 0.6) is 11.5 Å². The van der Waals surface area contributed by atoms with Crippen LogP contribution in [0.2, 0.25) is 5.02 Å². The summed E-state index contributed by atoms with van der Waals surface area (Å²) in [5.41, 5.74) is 2.95. The first kappa shape index (κ1) is 19.8. The van der Waals surface area contributed by atoms with E-state index in [1.165, 1.54) is 24.4 Å². The average Bonchev–Trinajstić information content (AvgIpc) is 3.39. The highest BCUT2D eigenvalue weighted by Crippen LogP contribution is 2.46. The van der Waals surface area contributed by atoms with Crippen molar-refractivity contribution in [1.29, 1.82) is 0 Å². The van der Waals surface area contributed by atoms with Gasteiger partial charge in [-0.05, 0) is 35.4 Å². The van der Waals surface area contributed by atoms with Crippen molar-refractivity contribution in [2.24, 2.45) is 0 Å². The number of nitrogens with one attached hydrogen (secondary N) is 3. The van der Waals surface area contributed by atoms with E-state index in [9.17, 15) is 13.6 Å². The number of benzene rings is 2. The molecule has 3 aromatic rings. The second-order valence-corrected chi connectivity index (χ2v) is 8.03. The Morgan fingerprint density at radius 2 is 2.06 bits per heavy atom. The molecule has 168 valence electrons. The molecule has 1 unspecified atom stereocenters. The quantitative estimate of drug-likeness (QED) is 0.503. The summed E-state index contributed by atoms with van der Waals surface area (Å²) in [6.07, 6.45) is -2.36. The molecule has 1 aromatic heterocycles. The number of ether oxygens (including phenoxy) is 3. The maximum atomic E-state index is 13.5. The fraction of sp³-hybridized carbons (Fsp3) is 0.190. The first-order chi connectivity index (χ1) is 15.8. The van der Waals surface area contributed by atoms with E-state index in [2.05, 4.69) is 35.4 Å². The van der Waals surface area contributed by atoms with Crippen molar-refractivity contribution >= 4 is 40.8 Å². The summed E-state index contributed by atoms with van der Waals surface area (Å²) in [6, 6.07) is 9.95. The fourth-order valence-electron chi connectivity index (χ4n) is 4.10. The van der Waals surface area contributed by atoms with Gasteiger partial charge in [-0.3, -0.25) is 0 Å². The Bertz CT molecular complexity index is 1310. The van der Waals surface area contributed by atoms with Gasteiger partial charge in [0, 0.05) is 12.1 Å². The minimum atomic E-state index is -3.75. The summed E-state index contributed by atoms with van der Waals surface area (Å²) in [5, 5.41) is 8.96. The lowest BCUT2D eigenvalue weighted by Crippen LogP contribution is -2.26. The van der Waals surface area contributed by atoms with Gasteiger partial charge >= 0.3 is 12.4 Å². The number of fused-ring (bicyclic) bond motifs is 4. The summed E-state index contributed by atoms with van der Waals surface area (Å²) in [6.45, 7) is 0. The minimum Gasteiger partial charge on any atom is -0.443 e. The van der Waals surface area contributed by atoms with Crippen LogP contribution in [0.25, 0.3) is 0 Å². The standard InChI is InChI=1S/C21H14ClF2N5O4/c22-12-8-25-19(26-10-5-4-9-6-15-16(11(9)7-10)28-20(30)31-15)29-18(12)27-13-2-1-3-14-17(13)33-21(23,24)32-14/h1-5,7-8,15-16H,6H2,(H,28,30)(H2,25,26,27,29)/t15?,16-/m0/s1. The average molecular weight is 474 g/mol. The molecule has 3 N–H and O–H groups in total. The van der Waals surface area contributed by atoms with Crippen LogP contribution in [-0.4, -0.2) is 28.5 Å². The van der Waals surface area contributed by atoms with E-state index in [0.717, 1.165) is 11.1 Å². The van der Waals surface area contributed by atoms with E-state index in [0.29, 0.717) is 12.1 Å². The molecular formula is C21H14ClF2N5O4. The molecular weight excluding hydrogens is 460 g/mol. The molecule has 12 heteroatoms. The number of aromatic nitrogens is 2. The monoisotopic (exact) mass is 473 g/mol. The van der Waals surface area contributed by atoms with E-state index in [4.69, 9.17) is 16.3 Å². The molecule has 1 amide bonds. The molecule has 2 atom stereocenters. The van der Waals surface area contributed by atoms with Gasteiger partial charge in [-0.15, -0.1) is 8.78 Å². The highest BCUT2D eigenvalue weighted by atomic mass is 35.5. The molecule has 2 aliphatic heterocycles. The van der Waals surface area contributed by atoms with Gasteiger partial charge in [-0.1, -0.05) is 23.7 Å². The van der Waals surface area contributed by atoms with Gasteiger partial charge in [0.25, 0.3) is 0 Å². The Morgan fingerprint density at radius 1 is 1.18 bits per heavy atom. The number of amides is 1. The second kappa shape index (κ2) is 7.07. The zero-order chi connectivity index (χ0) is 22.7. The van der Waals surface area contributed by atoms with Gasteiger partial charge in [0.2, 0.25) is 5.95 Å². The van der Waals surface area contributed by atoms with Gasteiger partial charge in [0.1, 0.15) is 11.1 Å². The van der Waals surface area contributed by atoms with Gasteiger partial charge in [-0.2, -0.15) is 4.98 Å². The molecule has 3 heterocycles. The Hall–Kier alpha value is -3.86. The molecule has 0 radical (unpaired) electrons. The number of carbonyl (C=O) groups excluding carboxylic acids is 1. The van der Waals surface area contributed by atoms with Crippen LogP contribution >= 0.6 is 11.6 Å². The third kappa shape index (κ3) is 3.50. The molecule has 2 aromatic carbocycles. The number of alkyl halides is 2. The van der Waals surface area contributed by atoms with Crippen molar-refractivity contribution in [3.8, 4) is 11.5 Å². The van der Waals surface area contributed by atoms with Crippen molar-refractivity contribution in [2.75, 3.05) is 10.6 Å². The highest BCUT2D eigenvalue weighted by molar-refractivity contribution is 6.33. The lowest BCUT2D eigenvalue weighted by Gasteiger charge is -2.13. The minimum absolute atomic E-state index is 0.104. The second-order valence-electron chi connectivity index (χ2n) is 7.62. The van der Waals surface area contributed by atoms with E-state index in [1.54, 1.807) is 0 Å². The van der Waals surface area contributed by atoms with E-state index in [-0.39, 0.29) is 46.1 Å². The van der Waals surface area contributed by atoms with Gasteiger partial charge in [-0.25, -0.2) is 9.78 Å². The van der Waals surface area contributed by atoms with Crippen LogP contribution in [0.15, 0.2) is 42.6 Å². The summed E-state index contributed by atoms with van der Waals surface area (Å²) < 4.78 is 41.3. The van der Waals surface area contributed by atoms with Gasteiger partial charge < -0.3 is 30.2 Å². The molecule has 0 bridgehead atoms. The normalized spacial score (nSPS) is 21.1. The third-order valence-electron chi connectivity index (χ3n) is 5.49. The zero-order valence-electron chi connectivity index (χ0n) is 16.6. The fourth-order valence-corrected chi connectivity index (χ4v) is 4.24. The molecule has 0 saturated carbocycles. The molecule has 1 aliphatic carbocycles. The third-order valence-corrected chi connectivity index (χ3v) is 5.76. The number of para-hydroxylation sites is 1. The van der Waals surface area contributed by atoms with Gasteiger partial charge in [0.05, 0.1) is 17.9 Å². The summed E-state index contributed by atoms with van der Waals surface area (Å²) in [5.74, 6) is 0.144. The largest absolute Gasteiger partial charge is 0.586 e. The topological polar surface area (TPSA) is 107 Å². The van der Waals surface area contributed by atoms with E-state index in [1.807, 2.05) is 18.2 Å². The molecule has 9 nitrogen and oxygen atoms in total. The molecule has 6 rings (SSSR count). The number of alkyl carbamates (subject to hydrolysis) is 1. The Kier molecular flexibility index (Phi) is 4.24. The van der Waals surface area contributed by atoms with Crippen molar-refractivity contribution in [1.82, 2.24) is 15.3 Å². The van der Waals surface area contributed by atoms with Crippen molar-refractivity contribution in [3.05, 3.63) is 58.7 Å². The molecule has 0 spiro atoms. The maximum Gasteiger partial charge on any atom is 0.586 e. The van der Waals surface area contributed by atoms with Crippen molar-refractivity contribution in [2.45, 2.75) is 24.9 Å². The molecule has 3 aliphatic rings. The predicted octanol–water partition coefficient (Wildman–Crippen LogP) is 4.64. The molecule has 33 heavy (non-hydrogen) atoms. The van der Waals surface area contributed by atoms with Crippen LogP contribution in [-0.2, 0) is 11.2 Å². The lowest BCUT2D eigenvalue weighted by atomic mass is 10.1. The van der Waals surface area contributed by atoms with Gasteiger partial charge in [0.15, 0.2) is 17.3 Å². The first-order valence-corrected chi connectivity index (χ1v) is 10.3. The van der Waals surface area contributed by atoms with E-state index >= 15 is 0 Å². The van der Waals surface area contributed by atoms with Crippen LogP contribution in [0.1, 0.15) is 17.2 Å². The number of halogens is 3. The Labute approximate surface area is 190 Å². The molecule has 1 fully saturated rings. The van der Waals surface area contributed by atoms with Crippen LogP contribution in [0.4, 0.5) is 36.7 Å². The smallest absolute Gasteiger partial charge is 0.443 e. The SMILES string of the molecule is O=C1N[C@H]2c3cc(Nc4ncc(Cl)c(Nc5cccc6c5OC(F)(F)O6)n4)ccc3CC2O1. The predicted molar refractivity (Wildman–Crippen MR) is 113 cm³/mol. The van der Waals surface area contributed by atoms with Crippen LogP contribution in [0, 0.1) is 0 Å². The number of carbonyl (C=O) groups is 1. The van der Waals surface area contributed by atoms with Crippen molar-refractivity contribution < 1.29 is 27.8 Å². The number of hydrogen-bond donors (Lipinski definition) is 3. The van der Waals surface area contributed by atoms with Crippen LogP contribution in [0.3, 0.4) is 0 Å². The first-order valence-electron chi connectivity index (χ1n) is 9.90. The zero-order valence-corrected chi connectivity index (χ0v) is 17.3. The summed E-state index contributed by atoms with van der Waals surface area (Å²) in [4.78, 5) is 20.1. The highest BCUT2D eigenvalue weighted by Gasteiger charge is 2.45. The number of rotatable bonds is 4. The van der Waals surface area contributed by atoms with E-state index < -0.39 is 12.4 Å². The summed E-state index contributed by atoms with van der Waals surface area (Å²) in [7, 11) is 0. The lowest BCUT2D eigenvalue weighted by molar-refractivity contribution is -0.286. The number of anilines is 4. The van der Waals surface area contributed by atoms with Crippen LogP contribution < -0.4 is 25.4 Å². The Morgan fingerprint density at radius 3 is 2.94 bits per heavy atom. The number of nitrogens with zero attached hydrogens (tertiary/aromatic N) is 2.